The van der Waals surface area contributed by atoms with Crippen LogP contribution in [0.25, 0.3) is 33.4 Å². The van der Waals surface area contributed by atoms with Crippen LogP contribution >= 0.6 is 11.6 Å². The molecule has 1 heterocycles. The summed E-state index contributed by atoms with van der Waals surface area (Å²) >= 11 is 5.74. The lowest BCUT2D eigenvalue weighted by Crippen LogP contribution is -2.42. The number of halogens is 1. The molecule has 1 aliphatic carbocycles. The van der Waals surface area contributed by atoms with Crippen LogP contribution in [0.1, 0.15) is 48.0 Å². The summed E-state index contributed by atoms with van der Waals surface area (Å²) in [7, 11) is -9.64. The number of ketones is 1. The minimum Gasteiger partial charge on any atom is -0.744 e. The van der Waals surface area contributed by atoms with E-state index in [2.05, 4.69) is 14.2 Å². The normalized spacial score (nSPS) is 13.0. The third-order valence-corrected chi connectivity index (χ3v) is 10.9. The highest BCUT2D eigenvalue weighted by Crippen LogP contribution is 2.43. The van der Waals surface area contributed by atoms with Crippen LogP contribution in [0.3, 0.4) is 0 Å². The van der Waals surface area contributed by atoms with Crippen molar-refractivity contribution in [3.63, 3.8) is 0 Å². The zero-order chi connectivity index (χ0) is 34.7. The van der Waals surface area contributed by atoms with Crippen LogP contribution in [0.15, 0.2) is 68.8 Å². The lowest BCUT2D eigenvalue weighted by Gasteiger charge is -2.23. The molecule has 4 rings (SSSR count). The van der Waals surface area contributed by atoms with Crippen molar-refractivity contribution in [3.8, 4) is 22.5 Å². The monoisotopic (exact) mass is 703 g/mol. The molecule has 0 saturated carbocycles. The highest BCUT2D eigenvalue weighted by Gasteiger charge is 2.29. The number of alkyl halides is 1. The van der Waals surface area contributed by atoms with E-state index >= 15 is 0 Å². The van der Waals surface area contributed by atoms with Gasteiger partial charge in [0.15, 0.2) is 5.78 Å². The van der Waals surface area contributed by atoms with Crippen molar-refractivity contribution in [3.05, 3.63) is 60.0 Å². The second-order valence-corrected chi connectivity index (χ2v) is 15.0. The van der Waals surface area contributed by atoms with Gasteiger partial charge in [-0.15, -0.1) is 11.6 Å². The lowest BCUT2D eigenvalue weighted by atomic mass is 9.93. The van der Waals surface area contributed by atoms with Gasteiger partial charge in [-0.05, 0) is 70.4 Å². The van der Waals surface area contributed by atoms with Crippen molar-refractivity contribution in [1.82, 2.24) is 9.30 Å². The maximum absolute atomic E-state index is 13.5. The summed E-state index contributed by atoms with van der Waals surface area (Å²) in [5, 5.41) is 1.45. The zero-order valence-corrected chi connectivity index (χ0v) is 29.9. The quantitative estimate of drug-likeness (QED) is 0.0812. The number of nitrogens with zero attached hydrogens (tertiary/aromatic N) is 2. The minimum absolute atomic E-state index is 0.0338. The predicted octanol–water partition coefficient (Wildman–Crippen LogP) is 5.27. The number of nitrogens with one attached hydrogen (secondary N) is 1. The van der Waals surface area contributed by atoms with E-state index in [0.29, 0.717) is 27.9 Å². The number of carbonyl (C=O) groups excluding carboxylic acids is 1. The number of hydrogen-bond acceptors (Lipinski definition) is 8. The minimum atomic E-state index is -5.21. The number of benzene rings is 3. The van der Waals surface area contributed by atoms with E-state index in [1.807, 2.05) is 77.9 Å². The van der Waals surface area contributed by atoms with Gasteiger partial charge < -0.3 is 13.9 Å². The Morgan fingerprint density at radius 1 is 0.936 bits per heavy atom. The van der Waals surface area contributed by atoms with E-state index in [1.54, 1.807) is 0 Å². The molecule has 0 saturated heterocycles. The molecule has 0 spiro atoms. The smallest absolute Gasteiger partial charge is 0.241 e. The van der Waals surface area contributed by atoms with Gasteiger partial charge in [0, 0.05) is 53.0 Å². The molecule has 2 aliphatic rings. The van der Waals surface area contributed by atoms with E-state index in [-0.39, 0.29) is 17.9 Å². The van der Waals surface area contributed by atoms with Crippen molar-refractivity contribution >= 4 is 54.2 Å². The van der Waals surface area contributed by atoms with Crippen LogP contribution < -0.4 is 19.6 Å². The zero-order valence-electron chi connectivity index (χ0n) is 27.5. The van der Waals surface area contributed by atoms with E-state index in [9.17, 15) is 26.2 Å². The number of Topliss-reactive ketones (excluding diaryl/α,β-unsaturated/α-hetero) is 1. The van der Waals surface area contributed by atoms with Crippen molar-refractivity contribution in [2.45, 2.75) is 63.8 Å². The van der Waals surface area contributed by atoms with Crippen molar-refractivity contribution in [1.29, 1.82) is 0 Å². The summed E-state index contributed by atoms with van der Waals surface area (Å²) in [6.45, 7) is 14.8. The van der Waals surface area contributed by atoms with Crippen molar-refractivity contribution in [2.75, 3.05) is 37.0 Å². The molecule has 0 aromatic heterocycles. The highest BCUT2D eigenvalue weighted by atomic mass is 35.5. The number of anilines is 1. The third kappa shape index (κ3) is 7.89. The second kappa shape index (κ2) is 14.9. The summed E-state index contributed by atoms with van der Waals surface area (Å²) < 4.78 is 76.5. The molecule has 0 radical (unpaired) electrons. The molecule has 0 bridgehead atoms. The number of rotatable bonds is 14. The molecule has 2 aromatic rings. The van der Waals surface area contributed by atoms with Gasteiger partial charge in [-0.3, -0.25) is 4.79 Å². The molecule has 10 nitrogen and oxygen atoms in total. The first-order valence-electron chi connectivity index (χ1n) is 15.7. The molecule has 13 heteroatoms. The molecule has 1 atom stereocenters. The van der Waals surface area contributed by atoms with Crippen LogP contribution in [0.4, 0.5) is 5.69 Å². The van der Waals surface area contributed by atoms with E-state index in [1.165, 1.54) is 12.1 Å². The first-order chi connectivity index (χ1) is 22.2. The summed E-state index contributed by atoms with van der Waals surface area (Å²) in [4.78, 5) is 13.4. The fourth-order valence-corrected chi connectivity index (χ4v) is 8.11. The lowest BCUT2D eigenvalue weighted by molar-refractivity contribution is -0.118. The molecule has 1 unspecified atom stereocenters. The van der Waals surface area contributed by atoms with Crippen LogP contribution in [0.2, 0.25) is 0 Å². The van der Waals surface area contributed by atoms with Crippen LogP contribution in [0, 0.1) is 5.92 Å². The van der Waals surface area contributed by atoms with Crippen LogP contribution in [0.5, 0.6) is 0 Å². The van der Waals surface area contributed by atoms with Crippen LogP contribution in [-0.2, 0) is 24.9 Å². The van der Waals surface area contributed by atoms with E-state index in [0.717, 1.165) is 43.3 Å². The van der Waals surface area contributed by atoms with Gasteiger partial charge in [0.2, 0.25) is 15.4 Å². The average molecular weight is 704 g/mol. The third-order valence-electron chi connectivity index (χ3n) is 8.27. The Morgan fingerprint density at radius 2 is 1.60 bits per heavy atom. The predicted molar refractivity (Wildman–Crippen MR) is 185 cm³/mol. The summed E-state index contributed by atoms with van der Waals surface area (Å²) in [5.41, 5.74) is 2.37. The Labute approximate surface area is 282 Å². The van der Waals surface area contributed by atoms with Gasteiger partial charge in [0.1, 0.15) is 34.6 Å². The fourth-order valence-electron chi connectivity index (χ4n) is 5.88. The molecular formula is C34H42ClN3O7S2. The molecule has 254 valence electrons. The summed E-state index contributed by atoms with van der Waals surface area (Å²) in [6.07, 6.45) is 0.187. The first kappa shape index (κ1) is 36.5. The summed E-state index contributed by atoms with van der Waals surface area (Å²) in [6, 6.07) is 13.5. The maximum atomic E-state index is 13.5. The number of hydrogen-bond donors (Lipinski definition) is 1. The average Bonchev–Trinajstić information content (AvgIpc) is 3.03. The van der Waals surface area contributed by atoms with E-state index < -0.39 is 47.6 Å². The molecule has 1 N–H and O–H groups in total. The Bertz CT molecular complexity index is 2030. The maximum Gasteiger partial charge on any atom is 0.241 e. The largest absolute Gasteiger partial charge is 0.744 e. The van der Waals surface area contributed by atoms with Gasteiger partial charge >= 0.3 is 0 Å². The first-order valence-corrected chi connectivity index (χ1v) is 19.2. The standard InChI is InChI=1S/C34H42ClN3O7S2/c1-7-37(8-2)23-11-14-26-31(18-23)45-32-19-24(38(9-3)10-4)12-15-27(32)34(26)28-16-13-25(20-33(28)47(42,43)44)46(40,41)36-29(17-22(5)6)30(39)21-35/h11-16,18-20,22,29,36H,7-10,17,21H2,1-6H3. The van der Waals surface area contributed by atoms with Gasteiger partial charge in [0.05, 0.1) is 27.8 Å². The van der Waals surface area contributed by atoms with Crippen molar-refractivity contribution < 1.29 is 30.6 Å². The van der Waals surface area contributed by atoms with Crippen LogP contribution in [-0.4, -0.2) is 65.3 Å². The molecule has 1 aliphatic heterocycles. The Kier molecular flexibility index (Phi) is 11.6. The molecule has 2 aromatic carbocycles. The number of fused-ring (bicyclic) bond motifs is 2. The molecule has 47 heavy (non-hydrogen) atoms. The molecule has 0 fully saturated rings. The topological polar surface area (TPSA) is 140 Å². The fraction of sp³-hybridized carbons (Fsp3) is 0.412. The second-order valence-electron chi connectivity index (χ2n) is 11.7. The summed E-state index contributed by atoms with van der Waals surface area (Å²) in [5.74, 6) is -0.484. The SMILES string of the molecule is CCN(CC)c1ccc2c(-c3ccc(S(=O)(=O)NC(CC(C)C)C(=O)CCl)cc3S(=O)(=O)[O-])c3ccc(=[N+](CC)CC)cc-3oc2c1. The van der Waals surface area contributed by atoms with E-state index in [4.69, 9.17) is 16.0 Å². The highest BCUT2D eigenvalue weighted by molar-refractivity contribution is 7.89. The van der Waals surface area contributed by atoms with Gasteiger partial charge in [-0.1, -0.05) is 19.9 Å². The van der Waals surface area contributed by atoms with Gasteiger partial charge in [0.25, 0.3) is 0 Å². The van der Waals surface area contributed by atoms with Gasteiger partial charge in [-0.2, -0.15) is 0 Å². The molecule has 0 amide bonds. The van der Waals surface area contributed by atoms with Crippen molar-refractivity contribution in [2.24, 2.45) is 5.92 Å². The Hall–Kier alpha value is -3.29. The van der Waals surface area contributed by atoms with Gasteiger partial charge in [-0.25, -0.2) is 26.1 Å². The Morgan fingerprint density at radius 3 is 2.17 bits per heavy atom. The number of carbonyl (C=O) groups is 1. The number of sulfonamides is 1. The Balaban J connectivity index is 2.04. The molecular weight excluding hydrogens is 662 g/mol.